The van der Waals surface area contributed by atoms with Crippen LogP contribution in [-0.2, 0) is 4.79 Å². The first-order valence-electron chi connectivity index (χ1n) is 4.75. The van der Waals surface area contributed by atoms with E-state index in [-0.39, 0.29) is 12.3 Å². The second-order valence-corrected chi connectivity index (χ2v) is 3.37. The minimum absolute atomic E-state index is 0.0842. The van der Waals surface area contributed by atoms with Gasteiger partial charge in [-0.25, -0.2) is 4.39 Å². The minimum Gasteiger partial charge on any atom is -0.480 e. The molecule has 2 N–H and O–H groups in total. The van der Waals surface area contributed by atoms with Crippen molar-refractivity contribution in [3.63, 3.8) is 0 Å². The van der Waals surface area contributed by atoms with Gasteiger partial charge in [-0.3, -0.25) is 14.9 Å². The van der Waals surface area contributed by atoms with Gasteiger partial charge in [0.25, 0.3) is 0 Å². The number of nitrogens with one attached hydrogen (secondary N) is 1. The van der Waals surface area contributed by atoms with Crippen LogP contribution in [0.15, 0.2) is 24.3 Å². The van der Waals surface area contributed by atoms with E-state index in [0.717, 1.165) is 0 Å². The molecule has 1 aromatic rings. The summed E-state index contributed by atoms with van der Waals surface area (Å²) < 4.78 is 12.6. The summed E-state index contributed by atoms with van der Waals surface area (Å²) in [6, 6.07) is 4.32. The number of aliphatic carboxylic acids is 1. The van der Waals surface area contributed by atoms with Crippen LogP contribution in [-0.4, -0.2) is 29.4 Å². The van der Waals surface area contributed by atoms with Gasteiger partial charge in [-0.1, -0.05) is 0 Å². The topological polar surface area (TPSA) is 66.4 Å². The van der Waals surface area contributed by atoms with Crippen molar-refractivity contribution in [2.75, 3.05) is 6.54 Å². The summed E-state index contributed by atoms with van der Waals surface area (Å²) >= 11 is 0. The van der Waals surface area contributed by atoms with Crippen LogP contribution in [0.4, 0.5) is 4.39 Å². The van der Waals surface area contributed by atoms with Crippen LogP contribution >= 0.6 is 0 Å². The fourth-order valence-electron chi connectivity index (χ4n) is 1.07. The highest BCUT2D eigenvalue weighted by Crippen LogP contribution is 2.03. The smallest absolute Gasteiger partial charge is 0.320 e. The Labute approximate surface area is 92.1 Å². The number of Topliss-reactive ketones (excluding diaryl/α,β-unsaturated/α-hetero) is 1. The molecule has 0 fully saturated rings. The van der Waals surface area contributed by atoms with Crippen molar-refractivity contribution in [2.24, 2.45) is 0 Å². The number of benzene rings is 1. The Kier molecular flexibility index (Phi) is 4.13. The Morgan fingerprint density at radius 2 is 1.94 bits per heavy atom. The molecule has 16 heavy (non-hydrogen) atoms. The van der Waals surface area contributed by atoms with E-state index in [1.165, 1.54) is 31.2 Å². The lowest BCUT2D eigenvalue weighted by Gasteiger charge is -2.07. The average molecular weight is 225 g/mol. The molecule has 1 atom stereocenters. The lowest BCUT2D eigenvalue weighted by molar-refractivity contribution is -0.138. The zero-order chi connectivity index (χ0) is 12.1. The van der Waals surface area contributed by atoms with Crippen molar-refractivity contribution in [1.82, 2.24) is 5.32 Å². The number of rotatable bonds is 5. The first-order valence-corrected chi connectivity index (χ1v) is 4.75. The quantitative estimate of drug-likeness (QED) is 0.736. The van der Waals surface area contributed by atoms with E-state index in [4.69, 9.17) is 5.11 Å². The normalized spacial score (nSPS) is 12.1. The number of carboxylic acid groups (broad SMARTS) is 1. The number of hydrogen-bond acceptors (Lipinski definition) is 3. The molecule has 0 spiro atoms. The van der Waals surface area contributed by atoms with Gasteiger partial charge in [-0.15, -0.1) is 0 Å². The van der Waals surface area contributed by atoms with E-state index in [0.29, 0.717) is 5.56 Å². The molecule has 0 radical (unpaired) electrons. The molecule has 1 aromatic carbocycles. The number of carbonyl (C=O) groups is 2. The van der Waals surface area contributed by atoms with Gasteiger partial charge >= 0.3 is 5.97 Å². The highest BCUT2D eigenvalue weighted by Gasteiger charge is 2.12. The summed E-state index contributed by atoms with van der Waals surface area (Å²) in [6.45, 7) is 1.36. The van der Waals surface area contributed by atoms with Gasteiger partial charge in [-0.05, 0) is 31.2 Å². The van der Waals surface area contributed by atoms with Gasteiger partial charge in [0.1, 0.15) is 11.9 Å². The third kappa shape index (κ3) is 3.43. The predicted molar refractivity (Wildman–Crippen MR) is 55.8 cm³/mol. The fraction of sp³-hybridized carbons (Fsp3) is 0.273. The molecule has 0 aliphatic rings. The van der Waals surface area contributed by atoms with Crippen molar-refractivity contribution in [1.29, 1.82) is 0 Å². The van der Waals surface area contributed by atoms with Gasteiger partial charge in [0, 0.05) is 5.56 Å². The van der Waals surface area contributed by atoms with Gasteiger partial charge in [0.05, 0.1) is 6.54 Å². The Morgan fingerprint density at radius 1 is 1.38 bits per heavy atom. The van der Waals surface area contributed by atoms with Crippen LogP contribution in [0.3, 0.4) is 0 Å². The molecular formula is C11H12FNO3. The van der Waals surface area contributed by atoms with Crippen LogP contribution in [0.5, 0.6) is 0 Å². The standard InChI is InChI=1S/C11H12FNO3/c1-7(11(15)16)13-6-10(14)8-2-4-9(12)5-3-8/h2-5,7,13H,6H2,1H3,(H,15,16). The Balaban J connectivity index is 2.53. The summed E-state index contributed by atoms with van der Waals surface area (Å²) in [5.41, 5.74) is 0.353. The molecule has 0 heterocycles. The molecule has 4 nitrogen and oxygen atoms in total. The molecule has 0 amide bonds. The Bertz CT molecular complexity index is 389. The van der Waals surface area contributed by atoms with Crippen LogP contribution in [0.1, 0.15) is 17.3 Å². The van der Waals surface area contributed by atoms with Crippen molar-refractivity contribution >= 4 is 11.8 Å². The van der Waals surface area contributed by atoms with Crippen LogP contribution < -0.4 is 5.32 Å². The molecular weight excluding hydrogens is 213 g/mol. The molecule has 1 unspecified atom stereocenters. The van der Waals surface area contributed by atoms with Crippen molar-refractivity contribution in [3.8, 4) is 0 Å². The van der Waals surface area contributed by atoms with E-state index in [1.54, 1.807) is 0 Å². The number of halogens is 1. The first-order chi connectivity index (χ1) is 7.50. The van der Waals surface area contributed by atoms with Gasteiger partial charge in [-0.2, -0.15) is 0 Å². The minimum atomic E-state index is -1.02. The molecule has 1 rings (SSSR count). The molecule has 0 bridgehead atoms. The zero-order valence-electron chi connectivity index (χ0n) is 8.74. The van der Waals surface area contributed by atoms with Crippen LogP contribution in [0.2, 0.25) is 0 Å². The monoisotopic (exact) mass is 225 g/mol. The zero-order valence-corrected chi connectivity index (χ0v) is 8.74. The van der Waals surface area contributed by atoms with Gasteiger partial charge in [0.2, 0.25) is 0 Å². The highest BCUT2D eigenvalue weighted by atomic mass is 19.1. The Hall–Kier alpha value is -1.75. The number of carboxylic acids is 1. The first kappa shape index (κ1) is 12.3. The molecule has 5 heteroatoms. The molecule has 86 valence electrons. The number of hydrogen-bond donors (Lipinski definition) is 2. The number of carbonyl (C=O) groups excluding carboxylic acids is 1. The maximum absolute atomic E-state index is 12.6. The fourth-order valence-corrected chi connectivity index (χ4v) is 1.07. The molecule has 0 saturated heterocycles. The maximum atomic E-state index is 12.6. The summed E-state index contributed by atoms with van der Waals surface area (Å²) in [6.07, 6.45) is 0. The van der Waals surface area contributed by atoms with E-state index >= 15 is 0 Å². The molecule has 0 aliphatic heterocycles. The van der Waals surface area contributed by atoms with Gasteiger partial charge in [0.15, 0.2) is 5.78 Å². The van der Waals surface area contributed by atoms with E-state index in [9.17, 15) is 14.0 Å². The van der Waals surface area contributed by atoms with E-state index in [2.05, 4.69) is 5.32 Å². The van der Waals surface area contributed by atoms with Gasteiger partial charge < -0.3 is 5.11 Å². The lowest BCUT2D eigenvalue weighted by atomic mass is 10.1. The molecule has 0 aliphatic carbocycles. The lowest BCUT2D eigenvalue weighted by Crippen LogP contribution is -2.37. The summed E-state index contributed by atoms with van der Waals surface area (Å²) in [4.78, 5) is 22.0. The predicted octanol–water partition coefficient (Wildman–Crippen LogP) is 1.07. The molecule has 0 saturated carbocycles. The summed E-state index contributed by atoms with van der Waals surface area (Å²) in [5.74, 6) is -1.71. The average Bonchev–Trinajstić information content (AvgIpc) is 2.26. The third-order valence-electron chi connectivity index (χ3n) is 2.11. The SMILES string of the molecule is CC(NCC(=O)c1ccc(F)cc1)C(=O)O. The number of ketones is 1. The van der Waals surface area contributed by atoms with Crippen molar-refractivity contribution < 1.29 is 19.1 Å². The van der Waals surface area contributed by atoms with Crippen molar-refractivity contribution in [2.45, 2.75) is 13.0 Å². The van der Waals surface area contributed by atoms with Crippen molar-refractivity contribution in [3.05, 3.63) is 35.6 Å². The summed E-state index contributed by atoms with van der Waals surface area (Å²) in [5, 5.41) is 11.1. The highest BCUT2D eigenvalue weighted by molar-refractivity contribution is 5.97. The third-order valence-corrected chi connectivity index (χ3v) is 2.11. The molecule has 0 aromatic heterocycles. The van der Waals surface area contributed by atoms with E-state index in [1.807, 2.05) is 0 Å². The second-order valence-electron chi connectivity index (χ2n) is 3.37. The largest absolute Gasteiger partial charge is 0.480 e. The van der Waals surface area contributed by atoms with Crippen LogP contribution in [0, 0.1) is 5.82 Å². The second kappa shape index (κ2) is 5.37. The van der Waals surface area contributed by atoms with Crippen LogP contribution in [0.25, 0.3) is 0 Å². The summed E-state index contributed by atoms with van der Waals surface area (Å²) in [7, 11) is 0. The van der Waals surface area contributed by atoms with E-state index < -0.39 is 17.8 Å². The maximum Gasteiger partial charge on any atom is 0.320 e. The Morgan fingerprint density at radius 3 is 2.44 bits per heavy atom.